The van der Waals surface area contributed by atoms with Gasteiger partial charge >= 0.3 is 0 Å². The molecule has 1 atom stereocenters. The second-order valence-electron chi connectivity index (χ2n) is 4.43. The van der Waals surface area contributed by atoms with Gasteiger partial charge in [0.1, 0.15) is 11.9 Å². The van der Waals surface area contributed by atoms with Crippen molar-refractivity contribution in [2.75, 3.05) is 24.5 Å². The lowest BCUT2D eigenvalue weighted by atomic mass is 10.2. The monoisotopic (exact) mass is 267 g/mol. The molecule has 0 saturated heterocycles. The topological polar surface area (TPSA) is 58.4 Å². The summed E-state index contributed by atoms with van der Waals surface area (Å²) in [4.78, 5) is 13.3. The fourth-order valence-electron chi connectivity index (χ4n) is 1.88. The Labute approximate surface area is 113 Å². The highest BCUT2D eigenvalue weighted by Gasteiger charge is 2.18. The third-order valence-electron chi connectivity index (χ3n) is 2.94. The minimum Gasteiger partial charge on any atom is -0.370 e. The molecule has 0 spiro atoms. The molecule has 0 radical (unpaired) electrons. The standard InChI is InChI=1S/C14H22FN3O/c1-3-8-17-13(14(16)19)10-18(4-2)12-7-5-6-11(15)9-12/h5-7,9,13,17H,3-4,8,10H2,1-2H3,(H2,16,19). The number of nitrogens with zero attached hydrogens (tertiary/aromatic N) is 1. The van der Waals surface area contributed by atoms with E-state index >= 15 is 0 Å². The number of amides is 1. The van der Waals surface area contributed by atoms with E-state index in [0.717, 1.165) is 18.7 Å². The van der Waals surface area contributed by atoms with E-state index in [1.54, 1.807) is 6.07 Å². The minimum atomic E-state index is -0.428. The Kier molecular flexibility index (Phi) is 6.29. The fourth-order valence-corrected chi connectivity index (χ4v) is 1.88. The SMILES string of the molecule is CCCNC(CN(CC)c1cccc(F)c1)C(N)=O. The fraction of sp³-hybridized carbons (Fsp3) is 0.500. The molecule has 1 aromatic rings. The summed E-state index contributed by atoms with van der Waals surface area (Å²) in [5.74, 6) is -0.670. The lowest BCUT2D eigenvalue weighted by Crippen LogP contribution is -2.49. The Morgan fingerprint density at radius 3 is 2.74 bits per heavy atom. The second kappa shape index (κ2) is 7.74. The van der Waals surface area contributed by atoms with Gasteiger partial charge in [0.05, 0.1) is 0 Å². The average molecular weight is 267 g/mol. The smallest absolute Gasteiger partial charge is 0.236 e. The molecule has 1 amide bonds. The van der Waals surface area contributed by atoms with Gasteiger partial charge in [0, 0.05) is 18.8 Å². The van der Waals surface area contributed by atoms with Crippen molar-refractivity contribution >= 4 is 11.6 Å². The molecule has 0 aliphatic heterocycles. The number of primary amides is 1. The van der Waals surface area contributed by atoms with Gasteiger partial charge < -0.3 is 16.0 Å². The molecule has 0 saturated carbocycles. The number of nitrogens with one attached hydrogen (secondary N) is 1. The molecule has 0 fully saturated rings. The molecule has 0 heterocycles. The average Bonchev–Trinajstić information content (AvgIpc) is 2.38. The highest BCUT2D eigenvalue weighted by Crippen LogP contribution is 2.15. The molecule has 1 aromatic carbocycles. The summed E-state index contributed by atoms with van der Waals surface area (Å²) in [5, 5.41) is 3.11. The van der Waals surface area contributed by atoms with E-state index in [4.69, 9.17) is 5.73 Å². The van der Waals surface area contributed by atoms with E-state index in [1.807, 2.05) is 24.8 Å². The van der Waals surface area contributed by atoms with Crippen LogP contribution in [0.3, 0.4) is 0 Å². The van der Waals surface area contributed by atoms with Crippen molar-refractivity contribution in [3.05, 3.63) is 30.1 Å². The Bertz CT molecular complexity index is 411. The number of rotatable bonds is 8. The van der Waals surface area contributed by atoms with Gasteiger partial charge in [0.15, 0.2) is 0 Å². The number of hydrogen-bond acceptors (Lipinski definition) is 3. The van der Waals surface area contributed by atoms with Gasteiger partial charge in [0.25, 0.3) is 0 Å². The van der Waals surface area contributed by atoms with Gasteiger partial charge in [-0.05, 0) is 38.1 Å². The van der Waals surface area contributed by atoms with Crippen molar-refractivity contribution in [1.82, 2.24) is 5.32 Å². The third kappa shape index (κ3) is 4.87. The zero-order chi connectivity index (χ0) is 14.3. The quantitative estimate of drug-likeness (QED) is 0.750. The number of carbonyl (C=O) groups is 1. The highest BCUT2D eigenvalue weighted by atomic mass is 19.1. The number of halogens is 1. The van der Waals surface area contributed by atoms with Crippen LogP contribution in [-0.2, 0) is 4.79 Å². The summed E-state index contributed by atoms with van der Waals surface area (Å²) < 4.78 is 13.2. The first kappa shape index (κ1) is 15.4. The van der Waals surface area contributed by atoms with Gasteiger partial charge in [-0.3, -0.25) is 4.79 Å². The molecule has 0 aliphatic rings. The molecule has 1 rings (SSSR count). The van der Waals surface area contributed by atoms with Gasteiger partial charge in [-0.1, -0.05) is 13.0 Å². The summed E-state index contributed by atoms with van der Waals surface area (Å²) in [6, 6.07) is 5.92. The third-order valence-corrected chi connectivity index (χ3v) is 2.94. The van der Waals surface area contributed by atoms with Crippen molar-refractivity contribution in [2.24, 2.45) is 5.73 Å². The van der Waals surface area contributed by atoms with Crippen molar-refractivity contribution in [2.45, 2.75) is 26.3 Å². The van der Waals surface area contributed by atoms with Crippen LogP contribution >= 0.6 is 0 Å². The van der Waals surface area contributed by atoms with Crippen LogP contribution in [0.25, 0.3) is 0 Å². The maximum absolute atomic E-state index is 13.2. The van der Waals surface area contributed by atoms with Crippen LogP contribution in [0.15, 0.2) is 24.3 Å². The molecule has 0 bridgehead atoms. The van der Waals surface area contributed by atoms with Crippen LogP contribution in [0, 0.1) is 5.82 Å². The van der Waals surface area contributed by atoms with E-state index in [-0.39, 0.29) is 11.7 Å². The molecule has 0 aromatic heterocycles. The summed E-state index contributed by atoms with van der Waals surface area (Å²) in [6.45, 7) is 5.84. The van der Waals surface area contributed by atoms with Gasteiger partial charge in [0.2, 0.25) is 5.91 Å². The van der Waals surface area contributed by atoms with Crippen molar-refractivity contribution in [3.63, 3.8) is 0 Å². The summed E-state index contributed by atoms with van der Waals surface area (Å²) in [7, 11) is 0. The predicted octanol–water partition coefficient (Wildman–Crippen LogP) is 1.51. The molecule has 106 valence electrons. The van der Waals surface area contributed by atoms with Crippen molar-refractivity contribution in [3.8, 4) is 0 Å². The summed E-state index contributed by atoms with van der Waals surface area (Å²) >= 11 is 0. The van der Waals surface area contributed by atoms with Crippen LogP contribution < -0.4 is 16.0 Å². The maximum atomic E-state index is 13.2. The number of carbonyl (C=O) groups excluding carboxylic acids is 1. The van der Waals surface area contributed by atoms with Crippen LogP contribution in [0.1, 0.15) is 20.3 Å². The first-order chi connectivity index (χ1) is 9.08. The first-order valence-corrected chi connectivity index (χ1v) is 6.61. The molecular formula is C14H22FN3O. The molecule has 4 nitrogen and oxygen atoms in total. The largest absolute Gasteiger partial charge is 0.370 e. The summed E-state index contributed by atoms with van der Waals surface area (Å²) in [6.07, 6.45) is 0.926. The highest BCUT2D eigenvalue weighted by molar-refractivity contribution is 5.80. The normalized spacial score (nSPS) is 12.2. The molecular weight excluding hydrogens is 245 g/mol. The lowest BCUT2D eigenvalue weighted by Gasteiger charge is -2.27. The lowest BCUT2D eigenvalue weighted by molar-refractivity contribution is -0.119. The van der Waals surface area contributed by atoms with E-state index in [9.17, 15) is 9.18 Å². The Hall–Kier alpha value is -1.62. The van der Waals surface area contributed by atoms with Gasteiger partial charge in [-0.2, -0.15) is 0 Å². The van der Waals surface area contributed by atoms with Gasteiger partial charge in [-0.25, -0.2) is 4.39 Å². The van der Waals surface area contributed by atoms with Crippen molar-refractivity contribution < 1.29 is 9.18 Å². The van der Waals surface area contributed by atoms with Crippen LogP contribution in [-0.4, -0.2) is 31.6 Å². The second-order valence-corrected chi connectivity index (χ2v) is 4.43. The number of benzene rings is 1. The zero-order valence-electron chi connectivity index (χ0n) is 11.5. The minimum absolute atomic E-state index is 0.284. The van der Waals surface area contributed by atoms with E-state index in [2.05, 4.69) is 5.32 Å². The van der Waals surface area contributed by atoms with E-state index in [0.29, 0.717) is 13.1 Å². The first-order valence-electron chi connectivity index (χ1n) is 6.61. The number of anilines is 1. The van der Waals surface area contributed by atoms with Crippen LogP contribution in [0.5, 0.6) is 0 Å². The van der Waals surface area contributed by atoms with Crippen LogP contribution in [0.4, 0.5) is 10.1 Å². The molecule has 0 aliphatic carbocycles. The molecule has 19 heavy (non-hydrogen) atoms. The Morgan fingerprint density at radius 1 is 1.47 bits per heavy atom. The predicted molar refractivity (Wildman–Crippen MR) is 75.6 cm³/mol. The van der Waals surface area contributed by atoms with Crippen molar-refractivity contribution in [1.29, 1.82) is 0 Å². The van der Waals surface area contributed by atoms with E-state index in [1.165, 1.54) is 12.1 Å². The Balaban J connectivity index is 2.76. The Morgan fingerprint density at radius 2 is 2.21 bits per heavy atom. The molecule has 1 unspecified atom stereocenters. The number of likely N-dealkylation sites (N-methyl/N-ethyl adjacent to an activating group) is 1. The molecule has 5 heteroatoms. The number of hydrogen-bond donors (Lipinski definition) is 2. The van der Waals surface area contributed by atoms with E-state index < -0.39 is 6.04 Å². The molecule has 3 N–H and O–H groups in total. The summed E-state index contributed by atoms with van der Waals surface area (Å²) in [5.41, 5.74) is 6.14. The van der Waals surface area contributed by atoms with Gasteiger partial charge in [-0.15, -0.1) is 0 Å². The zero-order valence-corrected chi connectivity index (χ0v) is 11.5. The number of nitrogens with two attached hydrogens (primary N) is 1. The maximum Gasteiger partial charge on any atom is 0.236 e. The van der Waals surface area contributed by atoms with Crippen LogP contribution in [0.2, 0.25) is 0 Å².